The summed E-state index contributed by atoms with van der Waals surface area (Å²) < 4.78 is 5.81. The van der Waals surface area contributed by atoms with Gasteiger partial charge in [-0.15, -0.1) is 0 Å². The van der Waals surface area contributed by atoms with Gasteiger partial charge >= 0.3 is 0 Å². The van der Waals surface area contributed by atoms with Crippen molar-refractivity contribution in [2.75, 3.05) is 32.8 Å². The lowest BCUT2D eigenvalue weighted by atomic mass is 9.99. The van der Waals surface area contributed by atoms with Crippen LogP contribution in [0.15, 0.2) is 0 Å². The van der Waals surface area contributed by atoms with E-state index < -0.39 is 0 Å². The fraction of sp³-hybridized carbons (Fsp3) is 1.00. The summed E-state index contributed by atoms with van der Waals surface area (Å²) >= 11 is 0. The third-order valence-electron chi connectivity index (χ3n) is 4.72. The first-order valence-electron chi connectivity index (χ1n) is 8.35. The fourth-order valence-electron chi connectivity index (χ4n) is 3.30. The molecular formula is C16H32N2O. The topological polar surface area (TPSA) is 24.5 Å². The molecule has 2 fully saturated rings. The van der Waals surface area contributed by atoms with Gasteiger partial charge in [0.25, 0.3) is 0 Å². The van der Waals surface area contributed by atoms with E-state index in [4.69, 9.17) is 4.74 Å². The normalized spacial score (nSPS) is 30.6. The van der Waals surface area contributed by atoms with Gasteiger partial charge in [-0.3, -0.25) is 0 Å². The number of ether oxygens (including phenoxy) is 1. The largest absolute Gasteiger partial charge is 0.378 e. The molecule has 0 bridgehead atoms. The Morgan fingerprint density at radius 3 is 2.74 bits per heavy atom. The van der Waals surface area contributed by atoms with Crippen LogP contribution in [0.3, 0.4) is 0 Å². The maximum absolute atomic E-state index is 5.81. The molecule has 0 spiro atoms. The van der Waals surface area contributed by atoms with Crippen LogP contribution >= 0.6 is 0 Å². The van der Waals surface area contributed by atoms with Crippen molar-refractivity contribution in [3.8, 4) is 0 Å². The summed E-state index contributed by atoms with van der Waals surface area (Å²) in [6.07, 6.45) is 8.14. The Bertz CT molecular complexity index is 237. The number of hydrogen-bond donors (Lipinski definition) is 1. The molecule has 2 unspecified atom stereocenters. The van der Waals surface area contributed by atoms with Crippen molar-refractivity contribution >= 4 is 0 Å². The lowest BCUT2D eigenvalue weighted by Gasteiger charge is -2.33. The number of rotatable bonds is 6. The van der Waals surface area contributed by atoms with E-state index in [1.165, 1.54) is 58.2 Å². The zero-order chi connectivity index (χ0) is 13.5. The molecular weight excluding hydrogens is 236 g/mol. The molecule has 2 aliphatic rings. The summed E-state index contributed by atoms with van der Waals surface area (Å²) in [6.45, 7) is 10.6. The predicted octanol–water partition coefficient (Wildman–Crippen LogP) is 2.66. The van der Waals surface area contributed by atoms with Gasteiger partial charge in [0.1, 0.15) is 0 Å². The van der Waals surface area contributed by atoms with Gasteiger partial charge in [-0.2, -0.15) is 0 Å². The van der Waals surface area contributed by atoms with Gasteiger partial charge in [0.15, 0.2) is 0 Å². The average molecular weight is 268 g/mol. The molecule has 0 aromatic carbocycles. The first kappa shape index (κ1) is 15.3. The van der Waals surface area contributed by atoms with Crippen LogP contribution in [0, 0.1) is 5.92 Å². The van der Waals surface area contributed by atoms with Gasteiger partial charge < -0.3 is 15.0 Å². The summed E-state index contributed by atoms with van der Waals surface area (Å²) in [5.74, 6) is 0.939. The molecule has 3 nitrogen and oxygen atoms in total. The first-order chi connectivity index (χ1) is 9.28. The lowest BCUT2D eigenvalue weighted by molar-refractivity contribution is -0.00350. The zero-order valence-corrected chi connectivity index (χ0v) is 12.9. The molecule has 0 amide bonds. The summed E-state index contributed by atoms with van der Waals surface area (Å²) in [5, 5.41) is 3.75. The highest BCUT2D eigenvalue weighted by Gasteiger charge is 2.22. The highest BCUT2D eigenvalue weighted by Crippen LogP contribution is 2.18. The first-order valence-corrected chi connectivity index (χ1v) is 8.35. The molecule has 3 heteroatoms. The maximum Gasteiger partial charge on any atom is 0.0589 e. The van der Waals surface area contributed by atoms with Crippen LogP contribution in [0.1, 0.15) is 52.4 Å². The minimum Gasteiger partial charge on any atom is -0.378 e. The second kappa shape index (κ2) is 8.23. The Kier molecular flexibility index (Phi) is 6.62. The van der Waals surface area contributed by atoms with Crippen molar-refractivity contribution in [2.45, 2.75) is 64.5 Å². The van der Waals surface area contributed by atoms with E-state index in [0.717, 1.165) is 19.1 Å². The van der Waals surface area contributed by atoms with E-state index in [2.05, 4.69) is 24.1 Å². The van der Waals surface area contributed by atoms with E-state index >= 15 is 0 Å². The van der Waals surface area contributed by atoms with E-state index in [-0.39, 0.29) is 0 Å². The van der Waals surface area contributed by atoms with Crippen LogP contribution in [-0.2, 0) is 4.74 Å². The standard InChI is InChI=1S/C16H32N2O/c1-3-4-16-13-15(7-12-19-16)17-8-11-18-9-5-14(2)6-10-18/h14-17H,3-13H2,1-2H3. The summed E-state index contributed by atoms with van der Waals surface area (Å²) in [7, 11) is 0. The molecule has 1 N–H and O–H groups in total. The molecule has 2 rings (SSSR count). The third kappa shape index (κ3) is 5.41. The van der Waals surface area contributed by atoms with Crippen molar-refractivity contribution in [2.24, 2.45) is 5.92 Å². The maximum atomic E-state index is 5.81. The highest BCUT2D eigenvalue weighted by molar-refractivity contribution is 4.78. The summed E-state index contributed by atoms with van der Waals surface area (Å²) in [5.41, 5.74) is 0. The Morgan fingerprint density at radius 2 is 2.00 bits per heavy atom. The van der Waals surface area contributed by atoms with Gasteiger partial charge in [-0.25, -0.2) is 0 Å². The SMILES string of the molecule is CCCC1CC(NCCN2CCC(C)CC2)CCO1. The molecule has 2 atom stereocenters. The van der Waals surface area contributed by atoms with Crippen LogP contribution in [0.2, 0.25) is 0 Å². The highest BCUT2D eigenvalue weighted by atomic mass is 16.5. The van der Waals surface area contributed by atoms with Gasteiger partial charge in [0.05, 0.1) is 6.10 Å². The van der Waals surface area contributed by atoms with Crippen LogP contribution in [-0.4, -0.2) is 49.8 Å². The summed E-state index contributed by atoms with van der Waals surface area (Å²) in [6, 6.07) is 0.689. The molecule has 19 heavy (non-hydrogen) atoms. The smallest absolute Gasteiger partial charge is 0.0589 e. The predicted molar refractivity (Wildman–Crippen MR) is 80.5 cm³/mol. The Labute approximate surface area is 119 Å². The quantitative estimate of drug-likeness (QED) is 0.801. The average Bonchev–Trinajstić information content (AvgIpc) is 2.42. The number of nitrogens with one attached hydrogen (secondary N) is 1. The minimum absolute atomic E-state index is 0.507. The third-order valence-corrected chi connectivity index (χ3v) is 4.72. The van der Waals surface area contributed by atoms with E-state index in [0.29, 0.717) is 12.1 Å². The molecule has 0 aromatic heterocycles. The minimum atomic E-state index is 0.507. The van der Waals surface area contributed by atoms with Crippen molar-refractivity contribution < 1.29 is 4.74 Å². The number of nitrogens with zero attached hydrogens (tertiary/aromatic N) is 1. The van der Waals surface area contributed by atoms with Crippen molar-refractivity contribution in [3.05, 3.63) is 0 Å². The summed E-state index contributed by atoms with van der Waals surface area (Å²) in [4.78, 5) is 2.62. The molecule has 2 heterocycles. The number of likely N-dealkylation sites (tertiary alicyclic amines) is 1. The van der Waals surface area contributed by atoms with Crippen LogP contribution in [0.25, 0.3) is 0 Å². The second-order valence-electron chi connectivity index (χ2n) is 6.48. The van der Waals surface area contributed by atoms with E-state index in [9.17, 15) is 0 Å². The monoisotopic (exact) mass is 268 g/mol. The zero-order valence-electron chi connectivity index (χ0n) is 12.9. The van der Waals surface area contributed by atoms with Gasteiger partial charge in [0.2, 0.25) is 0 Å². The van der Waals surface area contributed by atoms with Crippen LogP contribution in [0.5, 0.6) is 0 Å². The van der Waals surface area contributed by atoms with Gasteiger partial charge in [0, 0.05) is 25.7 Å². The van der Waals surface area contributed by atoms with Gasteiger partial charge in [-0.05, 0) is 51.1 Å². The molecule has 112 valence electrons. The van der Waals surface area contributed by atoms with Crippen LogP contribution < -0.4 is 5.32 Å². The van der Waals surface area contributed by atoms with Gasteiger partial charge in [-0.1, -0.05) is 20.3 Å². The Balaban J connectivity index is 1.57. The molecule has 0 saturated carbocycles. The fourth-order valence-corrected chi connectivity index (χ4v) is 3.30. The molecule has 2 saturated heterocycles. The lowest BCUT2D eigenvalue weighted by Crippen LogP contribution is -2.43. The second-order valence-corrected chi connectivity index (χ2v) is 6.48. The van der Waals surface area contributed by atoms with Crippen molar-refractivity contribution in [1.29, 1.82) is 0 Å². The molecule has 0 aromatic rings. The van der Waals surface area contributed by atoms with Crippen LogP contribution in [0.4, 0.5) is 0 Å². The number of piperidine rings is 1. The number of hydrogen-bond acceptors (Lipinski definition) is 3. The van der Waals surface area contributed by atoms with E-state index in [1.54, 1.807) is 0 Å². The molecule has 0 aliphatic carbocycles. The Morgan fingerprint density at radius 1 is 1.21 bits per heavy atom. The Hall–Kier alpha value is -0.120. The van der Waals surface area contributed by atoms with E-state index in [1.807, 2.05) is 0 Å². The molecule has 2 aliphatic heterocycles. The molecule has 0 radical (unpaired) electrons. The van der Waals surface area contributed by atoms with Crippen molar-refractivity contribution in [1.82, 2.24) is 10.2 Å². The van der Waals surface area contributed by atoms with Crippen molar-refractivity contribution in [3.63, 3.8) is 0 Å².